The van der Waals surface area contributed by atoms with E-state index in [0.717, 1.165) is 36.6 Å². The molecule has 5 heteroatoms. The van der Waals surface area contributed by atoms with Crippen LogP contribution in [0.3, 0.4) is 0 Å². The highest BCUT2D eigenvalue weighted by atomic mass is 35.5. The number of hydrogen-bond donors (Lipinski definition) is 1. The fourth-order valence-corrected chi connectivity index (χ4v) is 3.03. The Morgan fingerprint density at radius 3 is 2.48 bits per heavy atom. The summed E-state index contributed by atoms with van der Waals surface area (Å²) in [5.41, 5.74) is 1.73. The number of carbonyl (C=O) groups excluding carboxylic acids is 1. The monoisotopic (exact) mass is 332 g/mol. The number of halogens is 2. The zero-order valence-electron chi connectivity index (χ0n) is 12.6. The molecule has 120 valence electrons. The molecule has 23 heavy (non-hydrogen) atoms. The van der Waals surface area contributed by atoms with Crippen LogP contribution in [0.1, 0.15) is 12.8 Å². The maximum atomic E-state index is 12.9. The second kappa shape index (κ2) is 7.01. The van der Waals surface area contributed by atoms with E-state index in [-0.39, 0.29) is 17.6 Å². The zero-order valence-corrected chi connectivity index (χ0v) is 13.4. The average molecular weight is 333 g/mol. The van der Waals surface area contributed by atoms with Crippen molar-refractivity contribution in [2.75, 3.05) is 23.3 Å². The predicted molar refractivity (Wildman–Crippen MR) is 91.4 cm³/mol. The maximum absolute atomic E-state index is 12.9. The number of carbonyl (C=O) groups is 1. The number of anilines is 2. The minimum atomic E-state index is -0.308. The minimum Gasteiger partial charge on any atom is -0.371 e. The molecule has 0 bridgehead atoms. The van der Waals surface area contributed by atoms with E-state index in [0.29, 0.717) is 5.69 Å². The number of amides is 1. The molecule has 2 aromatic rings. The van der Waals surface area contributed by atoms with Crippen molar-refractivity contribution in [1.82, 2.24) is 0 Å². The Bertz CT molecular complexity index is 682. The van der Waals surface area contributed by atoms with E-state index in [4.69, 9.17) is 11.6 Å². The molecule has 0 aliphatic carbocycles. The Kier molecular flexibility index (Phi) is 4.82. The van der Waals surface area contributed by atoms with Gasteiger partial charge in [-0.3, -0.25) is 4.79 Å². The lowest BCUT2D eigenvalue weighted by atomic mass is 9.95. The molecule has 1 fully saturated rings. The van der Waals surface area contributed by atoms with Gasteiger partial charge in [-0.15, -0.1) is 0 Å². The first kappa shape index (κ1) is 15.8. The summed E-state index contributed by atoms with van der Waals surface area (Å²) in [5.74, 6) is -0.323. The molecule has 0 unspecified atom stereocenters. The standard InChI is InChI=1S/C18H18ClFN2O/c19-14-2-1-3-17(12-14)22-10-8-13(9-11-22)18(23)21-16-6-4-15(20)5-7-16/h1-7,12-13H,8-11H2,(H,21,23). The summed E-state index contributed by atoms with van der Waals surface area (Å²) in [5, 5.41) is 3.58. The summed E-state index contributed by atoms with van der Waals surface area (Å²) in [4.78, 5) is 14.5. The highest BCUT2D eigenvalue weighted by Crippen LogP contribution is 2.26. The Hall–Kier alpha value is -2.07. The first-order valence-electron chi connectivity index (χ1n) is 7.69. The van der Waals surface area contributed by atoms with Crippen LogP contribution in [0.4, 0.5) is 15.8 Å². The van der Waals surface area contributed by atoms with Crippen LogP contribution in [-0.4, -0.2) is 19.0 Å². The molecular formula is C18H18ClFN2O. The van der Waals surface area contributed by atoms with Crippen LogP contribution >= 0.6 is 11.6 Å². The van der Waals surface area contributed by atoms with Crippen molar-refractivity contribution in [3.63, 3.8) is 0 Å². The number of piperidine rings is 1. The van der Waals surface area contributed by atoms with Crippen LogP contribution in [-0.2, 0) is 4.79 Å². The van der Waals surface area contributed by atoms with Crippen molar-refractivity contribution in [3.05, 3.63) is 59.4 Å². The molecule has 0 aromatic heterocycles. The number of benzene rings is 2. The molecule has 0 radical (unpaired) electrons. The summed E-state index contributed by atoms with van der Waals surface area (Å²) in [7, 11) is 0. The van der Waals surface area contributed by atoms with E-state index < -0.39 is 0 Å². The van der Waals surface area contributed by atoms with E-state index in [1.54, 1.807) is 12.1 Å². The summed E-state index contributed by atoms with van der Waals surface area (Å²) in [6, 6.07) is 13.6. The molecule has 3 rings (SSSR count). The van der Waals surface area contributed by atoms with Gasteiger partial charge in [-0.25, -0.2) is 4.39 Å². The minimum absolute atomic E-state index is 0.00218. The lowest BCUT2D eigenvalue weighted by molar-refractivity contribution is -0.120. The SMILES string of the molecule is O=C(Nc1ccc(F)cc1)C1CCN(c2cccc(Cl)c2)CC1. The molecule has 1 N–H and O–H groups in total. The van der Waals surface area contributed by atoms with Crippen molar-refractivity contribution in [1.29, 1.82) is 0 Å². The van der Waals surface area contributed by atoms with Crippen LogP contribution in [0, 0.1) is 11.7 Å². The van der Waals surface area contributed by atoms with Gasteiger partial charge in [0, 0.05) is 35.4 Å². The van der Waals surface area contributed by atoms with Crippen molar-refractivity contribution in [2.45, 2.75) is 12.8 Å². The van der Waals surface area contributed by atoms with Gasteiger partial charge in [0.25, 0.3) is 0 Å². The summed E-state index contributed by atoms with van der Waals surface area (Å²) in [6.45, 7) is 1.64. The van der Waals surface area contributed by atoms with Gasteiger partial charge in [0.05, 0.1) is 0 Å². The fraction of sp³-hybridized carbons (Fsp3) is 0.278. The van der Waals surface area contributed by atoms with E-state index in [2.05, 4.69) is 10.2 Å². The van der Waals surface area contributed by atoms with Gasteiger partial charge in [0.1, 0.15) is 5.82 Å². The van der Waals surface area contributed by atoms with Crippen LogP contribution < -0.4 is 10.2 Å². The Morgan fingerprint density at radius 2 is 1.83 bits per heavy atom. The van der Waals surface area contributed by atoms with Crippen molar-refractivity contribution in [3.8, 4) is 0 Å². The second-order valence-electron chi connectivity index (χ2n) is 5.74. The predicted octanol–water partition coefficient (Wildman–Crippen LogP) is 4.33. The van der Waals surface area contributed by atoms with Crippen LogP contribution in [0.25, 0.3) is 0 Å². The van der Waals surface area contributed by atoms with Crippen LogP contribution in [0.5, 0.6) is 0 Å². The first-order valence-corrected chi connectivity index (χ1v) is 8.06. The van der Waals surface area contributed by atoms with Crippen molar-refractivity contribution in [2.24, 2.45) is 5.92 Å². The first-order chi connectivity index (χ1) is 11.1. The molecule has 0 atom stereocenters. The molecule has 1 aliphatic rings. The van der Waals surface area contributed by atoms with Crippen molar-refractivity contribution >= 4 is 28.9 Å². The Labute approximate surface area is 140 Å². The van der Waals surface area contributed by atoms with E-state index in [9.17, 15) is 9.18 Å². The van der Waals surface area contributed by atoms with Crippen molar-refractivity contribution < 1.29 is 9.18 Å². The van der Waals surface area contributed by atoms with Gasteiger partial charge in [-0.1, -0.05) is 17.7 Å². The molecule has 1 aliphatic heterocycles. The normalized spacial score (nSPS) is 15.5. The number of nitrogens with one attached hydrogen (secondary N) is 1. The molecule has 0 saturated carbocycles. The molecule has 2 aromatic carbocycles. The van der Waals surface area contributed by atoms with Gasteiger partial charge in [-0.2, -0.15) is 0 Å². The largest absolute Gasteiger partial charge is 0.371 e. The number of nitrogens with zero attached hydrogens (tertiary/aromatic N) is 1. The number of hydrogen-bond acceptors (Lipinski definition) is 2. The summed E-state index contributed by atoms with van der Waals surface area (Å²) >= 11 is 6.03. The lowest BCUT2D eigenvalue weighted by Crippen LogP contribution is -2.38. The van der Waals surface area contributed by atoms with Gasteiger partial charge in [0.2, 0.25) is 5.91 Å². The Balaban J connectivity index is 1.56. The third-order valence-electron chi connectivity index (χ3n) is 4.15. The van der Waals surface area contributed by atoms with E-state index in [1.165, 1.54) is 12.1 Å². The molecule has 1 amide bonds. The summed E-state index contributed by atoms with van der Waals surface area (Å²) < 4.78 is 12.9. The molecular weight excluding hydrogens is 315 g/mol. The zero-order chi connectivity index (χ0) is 16.2. The third kappa shape index (κ3) is 4.02. The topological polar surface area (TPSA) is 32.3 Å². The molecule has 3 nitrogen and oxygen atoms in total. The summed E-state index contributed by atoms with van der Waals surface area (Å²) in [6.07, 6.45) is 1.58. The second-order valence-corrected chi connectivity index (χ2v) is 6.17. The highest BCUT2D eigenvalue weighted by Gasteiger charge is 2.25. The fourth-order valence-electron chi connectivity index (χ4n) is 2.85. The quantitative estimate of drug-likeness (QED) is 0.907. The molecule has 1 saturated heterocycles. The van der Waals surface area contributed by atoms with Crippen LogP contribution in [0.2, 0.25) is 5.02 Å². The van der Waals surface area contributed by atoms with Gasteiger partial charge in [0.15, 0.2) is 0 Å². The molecule has 1 heterocycles. The van der Waals surface area contributed by atoms with E-state index >= 15 is 0 Å². The lowest BCUT2D eigenvalue weighted by Gasteiger charge is -2.33. The number of rotatable bonds is 3. The van der Waals surface area contributed by atoms with E-state index in [1.807, 2.05) is 24.3 Å². The van der Waals surface area contributed by atoms with Gasteiger partial charge in [-0.05, 0) is 55.3 Å². The third-order valence-corrected chi connectivity index (χ3v) is 4.39. The van der Waals surface area contributed by atoms with Gasteiger partial charge < -0.3 is 10.2 Å². The smallest absolute Gasteiger partial charge is 0.227 e. The Morgan fingerprint density at radius 1 is 1.13 bits per heavy atom. The van der Waals surface area contributed by atoms with Crippen LogP contribution in [0.15, 0.2) is 48.5 Å². The molecule has 0 spiro atoms. The van der Waals surface area contributed by atoms with Gasteiger partial charge >= 0.3 is 0 Å². The maximum Gasteiger partial charge on any atom is 0.227 e. The highest BCUT2D eigenvalue weighted by molar-refractivity contribution is 6.30. The average Bonchev–Trinajstić information content (AvgIpc) is 2.57.